The second kappa shape index (κ2) is 3.22. The van der Waals surface area contributed by atoms with Crippen molar-refractivity contribution in [2.45, 2.75) is 33.1 Å². The van der Waals surface area contributed by atoms with Crippen molar-refractivity contribution in [1.29, 1.82) is 5.26 Å². The van der Waals surface area contributed by atoms with E-state index < -0.39 is 0 Å². The van der Waals surface area contributed by atoms with Crippen molar-refractivity contribution in [2.24, 2.45) is 0 Å². The van der Waals surface area contributed by atoms with E-state index in [1.54, 1.807) is 0 Å². The third-order valence-electron chi connectivity index (χ3n) is 2.51. The summed E-state index contributed by atoms with van der Waals surface area (Å²) < 4.78 is 0. The Balaban J connectivity index is 3.20. The summed E-state index contributed by atoms with van der Waals surface area (Å²) in [5, 5.41) is 8.96. The maximum Gasteiger partial charge on any atom is 0.0766 e. The van der Waals surface area contributed by atoms with Crippen LogP contribution in [0.1, 0.15) is 30.5 Å². The van der Waals surface area contributed by atoms with Gasteiger partial charge >= 0.3 is 0 Å². The Hall–Kier alpha value is -1.29. The SMILES string of the molecule is Cc1ccc(C(C)(C)C#N)cc1C. The van der Waals surface area contributed by atoms with E-state index in [4.69, 9.17) is 5.26 Å². The number of nitriles is 1. The third kappa shape index (κ3) is 1.89. The topological polar surface area (TPSA) is 23.8 Å². The van der Waals surface area contributed by atoms with Gasteiger partial charge in [0.2, 0.25) is 0 Å². The molecular formula is C12H15N. The van der Waals surface area contributed by atoms with Crippen LogP contribution in [0.3, 0.4) is 0 Å². The minimum Gasteiger partial charge on any atom is -0.197 e. The molecule has 0 aliphatic heterocycles. The van der Waals surface area contributed by atoms with Crippen molar-refractivity contribution in [2.75, 3.05) is 0 Å². The highest BCUT2D eigenvalue weighted by atomic mass is 14.3. The summed E-state index contributed by atoms with van der Waals surface area (Å²) in [5.74, 6) is 0. The van der Waals surface area contributed by atoms with E-state index in [0.29, 0.717) is 0 Å². The number of rotatable bonds is 1. The minimum absolute atomic E-state index is 0.377. The molecular weight excluding hydrogens is 158 g/mol. The number of hydrogen-bond acceptors (Lipinski definition) is 1. The molecule has 0 unspecified atom stereocenters. The average Bonchev–Trinajstić information content (AvgIpc) is 2.09. The molecule has 1 nitrogen and oxygen atoms in total. The molecule has 0 amide bonds. The van der Waals surface area contributed by atoms with Gasteiger partial charge in [-0.05, 0) is 44.4 Å². The molecule has 0 saturated heterocycles. The van der Waals surface area contributed by atoms with E-state index in [-0.39, 0.29) is 5.41 Å². The lowest BCUT2D eigenvalue weighted by Crippen LogP contribution is -2.13. The zero-order valence-electron chi connectivity index (χ0n) is 8.68. The number of hydrogen-bond donors (Lipinski definition) is 0. The molecule has 0 heterocycles. The number of benzene rings is 1. The average molecular weight is 173 g/mol. The van der Waals surface area contributed by atoms with Gasteiger partial charge in [-0.2, -0.15) is 5.26 Å². The first-order valence-electron chi connectivity index (χ1n) is 4.46. The first kappa shape index (κ1) is 9.80. The summed E-state index contributed by atoms with van der Waals surface area (Å²) in [6.07, 6.45) is 0. The zero-order valence-corrected chi connectivity index (χ0v) is 8.68. The smallest absolute Gasteiger partial charge is 0.0766 e. The molecule has 1 rings (SSSR count). The quantitative estimate of drug-likeness (QED) is 0.640. The molecule has 0 spiro atoms. The van der Waals surface area contributed by atoms with E-state index >= 15 is 0 Å². The fraction of sp³-hybridized carbons (Fsp3) is 0.417. The van der Waals surface area contributed by atoms with Gasteiger partial charge in [-0.1, -0.05) is 18.2 Å². The lowest BCUT2D eigenvalue weighted by atomic mass is 9.85. The summed E-state index contributed by atoms with van der Waals surface area (Å²) >= 11 is 0. The number of aryl methyl sites for hydroxylation is 2. The molecule has 1 aromatic carbocycles. The minimum atomic E-state index is -0.377. The molecule has 0 fully saturated rings. The Kier molecular flexibility index (Phi) is 2.43. The number of nitrogens with zero attached hydrogens (tertiary/aromatic N) is 1. The van der Waals surface area contributed by atoms with Gasteiger partial charge in [0, 0.05) is 0 Å². The largest absolute Gasteiger partial charge is 0.197 e. The van der Waals surface area contributed by atoms with E-state index in [9.17, 15) is 0 Å². The molecule has 0 saturated carbocycles. The van der Waals surface area contributed by atoms with Crippen LogP contribution in [0, 0.1) is 25.2 Å². The van der Waals surface area contributed by atoms with Crippen LogP contribution in [0.4, 0.5) is 0 Å². The van der Waals surface area contributed by atoms with E-state index in [0.717, 1.165) is 5.56 Å². The van der Waals surface area contributed by atoms with Gasteiger partial charge in [0.05, 0.1) is 11.5 Å². The van der Waals surface area contributed by atoms with Crippen LogP contribution < -0.4 is 0 Å². The molecule has 1 aromatic rings. The van der Waals surface area contributed by atoms with Crippen molar-refractivity contribution in [3.05, 3.63) is 34.9 Å². The summed E-state index contributed by atoms with van der Waals surface area (Å²) in [5.41, 5.74) is 3.25. The van der Waals surface area contributed by atoms with Gasteiger partial charge in [0.1, 0.15) is 0 Å². The van der Waals surface area contributed by atoms with E-state index in [1.165, 1.54) is 11.1 Å². The summed E-state index contributed by atoms with van der Waals surface area (Å²) in [4.78, 5) is 0. The highest BCUT2D eigenvalue weighted by Crippen LogP contribution is 2.23. The molecule has 13 heavy (non-hydrogen) atoms. The van der Waals surface area contributed by atoms with Gasteiger partial charge in [-0.15, -0.1) is 0 Å². The summed E-state index contributed by atoms with van der Waals surface area (Å²) in [7, 11) is 0. The normalized spacial score (nSPS) is 11.0. The standard InChI is InChI=1S/C12H15N/c1-9-5-6-11(7-10(9)2)12(3,4)8-13/h5-7H,1-4H3. The lowest BCUT2D eigenvalue weighted by Gasteiger charge is -2.16. The van der Waals surface area contributed by atoms with Crippen molar-refractivity contribution in [3.63, 3.8) is 0 Å². The Morgan fingerprint density at radius 2 is 1.77 bits per heavy atom. The molecule has 0 aromatic heterocycles. The second-order valence-electron chi connectivity index (χ2n) is 4.04. The van der Waals surface area contributed by atoms with Crippen LogP contribution in [0.5, 0.6) is 0 Å². The molecule has 68 valence electrons. The Morgan fingerprint density at radius 3 is 2.23 bits per heavy atom. The van der Waals surface area contributed by atoms with Gasteiger partial charge in [-0.25, -0.2) is 0 Å². The van der Waals surface area contributed by atoms with Crippen LogP contribution in [0.15, 0.2) is 18.2 Å². The molecule has 0 bridgehead atoms. The zero-order chi connectivity index (χ0) is 10.1. The van der Waals surface area contributed by atoms with E-state index in [1.807, 2.05) is 19.9 Å². The van der Waals surface area contributed by atoms with Gasteiger partial charge < -0.3 is 0 Å². The van der Waals surface area contributed by atoms with Gasteiger partial charge in [-0.3, -0.25) is 0 Å². The van der Waals surface area contributed by atoms with Crippen molar-refractivity contribution < 1.29 is 0 Å². The van der Waals surface area contributed by atoms with Crippen molar-refractivity contribution >= 4 is 0 Å². The predicted octanol–water partition coefficient (Wildman–Crippen LogP) is 3.10. The van der Waals surface area contributed by atoms with Crippen LogP contribution in [-0.4, -0.2) is 0 Å². The second-order valence-corrected chi connectivity index (χ2v) is 4.04. The highest BCUT2D eigenvalue weighted by molar-refractivity contribution is 5.37. The van der Waals surface area contributed by atoms with Gasteiger partial charge in [0.15, 0.2) is 0 Å². The molecule has 0 aliphatic carbocycles. The summed E-state index contributed by atoms with van der Waals surface area (Å²) in [6.45, 7) is 8.04. The van der Waals surface area contributed by atoms with Crippen molar-refractivity contribution in [1.82, 2.24) is 0 Å². The highest BCUT2D eigenvalue weighted by Gasteiger charge is 2.19. The molecule has 1 heteroatoms. The summed E-state index contributed by atoms with van der Waals surface area (Å²) in [6, 6.07) is 8.51. The first-order valence-corrected chi connectivity index (χ1v) is 4.46. The molecule has 0 aliphatic rings. The fourth-order valence-corrected chi connectivity index (χ4v) is 1.19. The van der Waals surface area contributed by atoms with Crippen molar-refractivity contribution in [3.8, 4) is 6.07 Å². The van der Waals surface area contributed by atoms with Crippen LogP contribution in [0.2, 0.25) is 0 Å². The monoisotopic (exact) mass is 173 g/mol. The third-order valence-corrected chi connectivity index (χ3v) is 2.51. The Morgan fingerprint density at radius 1 is 1.15 bits per heavy atom. The lowest BCUT2D eigenvalue weighted by molar-refractivity contribution is 0.686. The molecule has 0 atom stereocenters. The molecule has 0 N–H and O–H groups in total. The predicted molar refractivity (Wildman–Crippen MR) is 54.6 cm³/mol. The van der Waals surface area contributed by atoms with Gasteiger partial charge in [0.25, 0.3) is 0 Å². The maximum atomic E-state index is 8.96. The molecule has 0 radical (unpaired) electrons. The Labute approximate surface area is 80.0 Å². The Bertz CT molecular complexity index is 356. The van der Waals surface area contributed by atoms with Crippen LogP contribution >= 0.6 is 0 Å². The fourth-order valence-electron chi connectivity index (χ4n) is 1.19. The van der Waals surface area contributed by atoms with E-state index in [2.05, 4.69) is 32.0 Å². The van der Waals surface area contributed by atoms with Crippen LogP contribution in [0.25, 0.3) is 0 Å². The van der Waals surface area contributed by atoms with Crippen LogP contribution in [-0.2, 0) is 5.41 Å². The first-order chi connectivity index (χ1) is 5.97. The maximum absolute atomic E-state index is 8.96.